The number of amides is 2. The van der Waals surface area contributed by atoms with E-state index < -0.39 is 46.2 Å². The van der Waals surface area contributed by atoms with Crippen LogP contribution in [0.15, 0.2) is 48.5 Å². The maximum Gasteiger partial charge on any atom is 0.430 e. The van der Waals surface area contributed by atoms with Crippen molar-refractivity contribution in [3.63, 3.8) is 0 Å². The number of hydrogen-bond donors (Lipinski definition) is 1. The van der Waals surface area contributed by atoms with E-state index in [0.29, 0.717) is 25.8 Å². The second-order valence-corrected chi connectivity index (χ2v) is 12.1. The highest BCUT2D eigenvalue weighted by molar-refractivity contribution is 6.30. The topological polar surface area (TPSA) is 70.1 Å². The highest BCUT2D eigenvalue weighted by Crippen LogP contribution is 2.51. The van der Waals surface area contributed by atoms with Crippen molar-refractivity contribution in [3.05, 3.63) is 70.5 Å². The second-order valence-electron chi connectivity index (χ2n) is 11.7. The van der Waals surface area contributed by atoms with Crippen molar-refractivity contribution in [1.82, 2.24) is 9.80 Å². The van der Waals surface area contributed by atoms with Crippen molar-refractivity contribution in [2.75, 3.05) is 26.2 Å². The number of rotatable bonds is 3. The number of halogens is 5. The van der Waals surface area contributed by atoms with Gasteiger partial charge in [0.2, 0.25) is 0 Å². The van der Waals surface area contributed by atoms with Crippen LogP contribution in [0.3, 0.4) is 0 Å². The lowest BCUT2D eigenvalue weighted by atomic mass is 9.62. The van der Waals surface area contributed by atoms with Gasteiger partial charge in [-0.05, 0) is 75.3 Å². The Kier molecular flexibility index (Phi) is 8.17. The molecule has 2 aliphatic rings. The number of carbonyl (C=O) groups is 2. The zero-order valence-corrected chi connectivity index (χ0v) is 23.4. The molecule has 1 spiro atoms. The lowest BCUT2D eigenvalue weighted by Gasteiger charge is -2.52. The summed E-state index contributed by atoms with van der Waals surface area (Å²) in [5.74, 6) is -2.13. The molecular formula is C29H33ClF4N2O4. The van der Waals surface area contributed by atoms with Crippen molar-refractivity contribution in [3.8, 4) is 0 Å². The number of benzene rings is 2. The van der Waals surface area contributed by atoms with Crippen molar-refractivity contribution in [2.45, 2.75) is 63.3 Å². The Labute approximate surface area is 235 Å². The Bertz CT molecular complexity index is 1240. The Morgan fingerprint density at radius 3 is 2.08 bits per heavy atom. The summed E-state index contributed by atoms with van der Waals surface area (Å²) < 4.78 is 61.9. The predicted octanol–water partition coefficient (Wildman–Crippen LogP) is 6.26. The first-order chi connectivity index (χ1) is 18.6. The van der Waals surface area contributed by atoms with Crippen molar-refractivity contribution in [2.24, 2.45) is 5.41 Å². The third-order valence-corrected chi connectivity index (χ3v) is 8.19. The van der Waals surface area contributed by atoms with E-state index in [4.69, 9.17) is 16.3 Å². The van der Waals surface area contributed by atoms with Crippen LogP contribution in [0.1, 0.15) is 57.1 Å². The van der Waals surface area contributed by atoms with Crippen LogP contribution in [0, 0.1) is 11.2 Å². The summed E-state index contributed by atoms with van der Waals surface area (Å²) in [6.45, 7) is 5.91. The van der Waals surface area contributed by atoms with Gasteiger partial charge in [0.15, 0.2) is 0 Å². The number of aliphatic hydroxyl groups is 1. The van der Waals surface area contributed by atoms with E-state index in [1.54, 1.807) is 37.8 Å². The zero-order valence-electron chi connectivity index (χ0n) is 22.6. The summed E-state index contributed by atoms with van der Waals surface area (Å²) in [7, 11) is 0. The van der Waals surface area contributed by atoms with Crippen LogP contribution in [0.4, 0.5) is 22.4 Å². The largest absolute Gasteiger partial charge is 0.444 e. The first-order valence-corrected chi connectivity index (χ1v) is 13.5. The molecule has 4 rings (SSSR count). The fourth-order valence-corrected chi connectivity index (χ4v) is 5.98. The van der Waals surface area contributed by atoms with Gasteiger partial charge in [0, 0.05) is 42.7 Å². The molecule has 1 unspecified atom stereocenters. The first-order valence-electron chi connectivity index (χ1n) is 13.1. The molecule has 2 aliphatic heterocycles. The summed E-state index contributed by atoms with van der Waals surface area (Å²) in [6.07, 6.45) is -4.55. The zero-order chi connectivity index (χ0) is 29.5. The molecule has 0 aliphatic carbocycles. The molecule has 6 nitrogen and oxygen atoms in total. The lowest BCUT2D eigenvalue weighted by Crippen LogP contribution is -2.59. The SMILES string of the molecule is CC(C)(C)OC(=O)N1CCC2(CCN(C(=O)C(O)(c3cccc(Cl)c3)C(F)(F)F)CC2)[C@H](c2ccc(F)cc2)C1. The number of alkyl halides is 3. The Balaban J connectivity index is 1.59. The summed E-state index contributed by atoms with van der Waals surface area (Å²) >= 11 is 5.88. The molecule has 0 saturated carbocycles. The average Bonchev–Trinajstić information content (AvgIpc) is 2.87. The third kappa shape index (κ3) is 5.93. The van der Waals surface area contributed by atoms with E-state index in [1.807, 2.05) is 0 Å². The highest BCUT2D eigenvalue weighted by atomic mass is 35.5. The van der Waals surface area contributed by atoms with Gasteiger partial charge in [-0.1, -0.05) is 35.9 Å². The molecule has 2 aromatic carbocycles. The summed E-state index contributed by atoms with van der Waals surface area (Å²) in [5, 5.41) is 10.8. The predicted molar refractivity (Wildman–Crippen MR) is 141 cm³/mol. The van der Waals surface area contributed by atoms with Crippen LogP contribution < -0.4 is 0 Å². The fraction of sp³-hybridized carbons (Fsp3) is 0.517. The van der Waals surface area contributed by atoms with E-state index in [1.165, 1.54) is 24.3 Å². The Hall–Kier alpha value is -2.85. The normalized spacial score (nSPS) is 21.2. The average molecular weight is 585 g/mol. The molecule has 2 atom stereocenters. The second kappa shape index (κ2) is 10.9. The number of ether oxygens (including phenoxy) is 1. The maximum atomic E-state index is 14.2. The van der Waals surface area contributed by atoms with Gasteiger partial charge in [0.05, 0.1) is 0 Å². The maximum absolute atomic E-state index is 14.2. The van der Waals surface area contributed by atoms with Crippen LogP contribution in [-0.2, 0) is 15.1 Å². The Morgan fingerprint density at radius 2 is 1.55 bits per heavy atom. The van der Waals surface area contributed by atoms with Gasteiger partial charge in [0.1, 0.15) is 11.4 Å². The molecule has 218 valence electrons. The highest BCUT2D eigenvalue weighted by Gasteiger charge is 2.62. The van der Waals surface area contributed by atoms with Gasteiger partial charge in [0.25, 0.3) is 11.5 Å². The molecule has 2 amide bonds. The molecule has 1 N–H and O–H groups in total. The first kappa shape index (κ1) is 30.1. The minimum absolute atomic E-state index is 0.0259. The van der Waals surface area contributed by atoms with Crippen LogP contribution in [0.5, 0.6) is 0 Å². The lowest BCUT2D eigenvalue weighted by molar-refractivity contribution is -0.262. The van der Waals surface area contributed by atoms with Gasteiger partial charge in [-0.2, -0.15) is 13.2 Å². The van der Waals surface area contributed by atoms with Crippen LogP contribution >= 0.6 is 11.6 Å². The number of likely N-dealkylation sites (tertiary alicyclic amines) is 2. The quantitative estimate of drug-likeness (QED) is 0.432. The number of piperidine rings is 2. The standard InChI is InChI=1S/C29H33ClF4N2O4/c1-26(2,3)40-25(38)36-16-13-27(23(18-36)19-7-9-22(31)10-8-19)11-14-35(15-12-27)24(37)28(39,29(32,33)34)20-5-4-6-21(30)17-20/h4-10,17,23,39H,11-16,18H2,1-3H3/t23-,28?/m0/s1. The van der Waals surface area contributed by atoms with Gasteiger partial charge in [-0.15, -0.1) is 0 Å². The number of nitrogens with zero attached hydrogens (tertiary/aromatic N) is 2. The van der Waals surface area contributed by atoms with Crippen LogP contribution in [0.25, 0.3) is 0 Å². The van der Waals surface area contributed by atoms with Gasteiger partial charge in [-0.25, -0.2) is 9.18 Å². The smallest absolute Gasteiger partial charge is 0.430 e. The molecular weight excluding hydrogens is 552 g/mol. The summed E-state index contributed by atoms with van der Waals surface area (Å²) in [4.78, 5) is 28.8. The fourth-order valence-electron chi connectivity index (χ4n) is 5.79. The minimum Gasteiger partial charge on any atom is -0.444 e. The van der Waals surface area contributed by atoms with Crippen molar-refractivity contribution >= 4 is 23.6 Å². The molecule has 0 radical (unpaired) electrons. The van der Waals surface area contributed by atoms with E-state index in [9.17, 15) is 32.3 Å². The molecule has 11 heteroatoms. The van der Waals surface area contributed by atoms with E-state index in [0.717, 1.165) is 22.6 Å². The molecule has 0 bridgehead atoms. The molecule has 2 heterocycles. The monoisotopic (exact) mass is 584 g/mol. The molecule has 0 aromatic heterocycles. The number of hydrogen-bond acceptors (Lipinski definition) is 4. The van der Waals surface area contributed by atoms with Gasteiger partial charge < -0.3 is 19.6 Å². The van der Waals surface area contributed by atoms with E-state index in [2.05, 4.69) is 0 Å². The summed E-state index contributed by atoms with van der Waals surface area (Å²) in [6, 6.07) is 10.5. The summed E-state index contributed by atoms with van der Waals surface area (Å²) in [5.41, 5.74) is -4.76. The molecule has 40 heavy (non-hydrogen) atoms. The minimum atomic E-state index is -5.28. The number of carbonyl (C=O) groups excluding carboxylic acids is 2. The molecule has 2 fully saturated rings. The van der Waals surface area contributed by atoms with Crippen molar-refractivity contribution < 1.29 is 37.0 Å². The molecule has 2 aromatic rings. The van der Waals surface area contributed by atoms with Crippen LogP contribution in [0.2, 0.25) is 5.02 Å². The molecule has 2 saturated heterocycles. The van der Waals surface area contributed by atoms with Crippen LogP contribution in [-0.4, -0.2) is 64.9 Å². The van der Waals surface area contributed by atoms with E-state index >= 15 is 0 Å². The van der Waals surface area contributed by atoms with Gasteiger partial charge >= 0.3 is 12.3 Å². The van der Waals surface area contributed by atoms with E-state index in [-0.39, 0.29) is 30.6 Å². The Morgan fingerprint density at radius 1 is 0.975 bits per heavy atom. The van der Waals surface area contributed by atoms with Gasteiger partial charge in [-0.3, -0.25) is 4.79 Å². The van der Waals surface area contributed by atoms with Crippen molar-refractivity contribution in [1.29, 1.82) is 0 Å². The third-order valence-electron chi connectivity index (χ3n) is 7.95.